The number of halogens is 2. The van der Waals surface area contributed by atoms with Crippen molar-refractivity contribution >= 4 is 41.8 Å². The van der Waals surface area contributed by atoms with Crippen molar-refractivity contribution in [1.29, 1.82) is 0 Å². The van der Waals surface area contributed by atoms with Crippen molar-refractivity contribution < 1.29 is 18.9 Å². The molecule has 0 bridgehead atoms. The number of benzene rings is 4. The molecule has 0 heterocycles. The zero-order valence-corrected chi connectivity index (χ0v) is 29.1. The fourth-order valence-electron chi connectivity index (χ4n) is 6.11. The monoisotopic (exact) mass is 680 g/mol. The van der Waals surface area contributed by atoms with Crippen LogP contribution in [-0.2, 0) is 18.9 Å². The Morgan fingerprint density at radius 3 is 1.33 bits per heavy atom. The van der Waals surface area contributed by atoms with Crippen LogP contribution in [0.3, 0.4) is 0 Å². The molecule has 1 aliphatic carbocycles. The van der Waals surface area contributed by atoms with Gasteiger partial charge in [-0.05, 0) is 11.8 Å². The predicted molar refractivity (Wildman–Crippen MR) is 187 cm³/mol. The minimum atomic E-state index is -1.88. The third kappa shape index (κ3) is 8.33. The van der Waals surface area contributed by atoms with E-state index in [2.05, 4.69) is 147 Å². The molecular formula is C40H40Cl2Zr-2. The molecule has 0 nitrogen and oxygen atoms in total. The first-order valence-electron chi connectivity index (χ1n) is 15.4. The van der Waals surface area contributed by atoms with Gasteiger partial charge in [0.15, 0.2) is 0 Å². The molecule has 43 heavy (non-hydrogen) atoms. The molecule has 0 spiro atoms. The summed E-state index contributed by atoms with van der Waals surface area (Å²) in [5.74, 6) is 0.909. The molecule has 220 valence electrons. The van der Waals surface area contributed by atoms with E-state index in [0.29, 0.717) is 11.8 Å². The predicted octanol–water partition coefficient (Wildman–Crippen LogP) is 12.5. The van der Waals surface area contributed by atoms with Gasteiger partial charge in [0.25, 0.3) is 0 Å². The van der Waals surface area contributed by atoms with Crippen molar-refractivity contribution in [2.75, 3.05) is 0 Å². The van der Waals surface area contributed by atoms with E-state index < -0.39 is 18.9 Å². The normalized spacial score (nSPS) is 14.3. The van der Waals surface area contributed by atoms with E-state index in [1.807, 2.05) is 0 Å². The molecule has 1 fully saturated rings. The van der Waals surface area contributed by atoms with E-state index in [-0.39, 0.29) is 0 Å². The molecule has 1 saturated carbocycles. The molecule has 0 aliphatic heterocycles. The molecule has 0 N–H and O–H groups in total. The van der Waals surface area contributed by atoms with Crippen LogP contribution in [-0.4, -0.2) is 3.21 Å². The van der Waals surface area contributed by atoms with E-state index in [4.69, 9.17) is 17.0 Å². The van der Waals surface area contributed by atoms with E-state index in [1.54, 1.807) is 0 Å². The first kappa shape index (κ1) is 31.8. The van der Waals surface area contributed by atoms with Crippen LogP contribution >= 0.6 is 17.0 Å². The summed E-state index contributed by atoms with van der Waals surface area (Å²) in [6.07, 6.45) is 6.52. The van der Waals surface area contributed by atoms with Gasteiger partial charge < -0.3 is 0 Å². The van der Waals surface area contributed by atoms with Gasteiger partial charge in [0.2, 0.25) is 0 Å². The molecule has 7 rings (SSSR count). The van der Waals surface area contributed by atoms with Crippen LogP contribution < -0.4 is 0 Å². The topological polar surface area (TPSA) is 0 Å². The van der Waals surface area contributed by atoms with Gasteiger partial charge in [0.1, 0.15) is 0 Å². The fraction of sp³-hybridized carbons (Fsp3) is 0.225. The van der Waals surface area contributed by atoms with Crippen LogP contribution in [0.1, 0.15) is 80.0 Å². The third-order valence-corrected chi connectivity index (χ3v) is 14.4. The summed E-state index contributed by atoms with van der Waals surface area (Å²) in [4.78, 5) is 0. The van der Waals surface area contributed by atoms with Crippen LogP contribution in [0, 0.1) is 0 Å². The Kier molecular flexibility index (Phi) is 11.8. The molecule has 0 radical (unpaired) electrons. The van der Waals surface area contributed by atoms with E-state index in [1.165, 1.54) is 79.1 Å². The van der Waals surface area contributed by atoms with Gasteiger partial charge in [-0.25, -0.2) is 0 Å². The first-order valence-corrected chi connectivity index (χ1v) is 23.0. The van der Waals surface area contributed by atoms with E-state index in [9.17, 15) is 0 Å². The van der Waals surface area contributed by atoms with Gasteiger partial charge in [-0.2, -0.15) is 0 Å². The first-order chi connectivity index (χ1) is 21.0. The Balaban J connectivity index is 0.000000135. The van der Waals surface area contributed by atoms with Gasteiger partial charge >= 0.3 is 71.2 Å². The summed E-state index contributed by atoms with van der Waals surface area (Å²) in [5.41, 5.74) is 5.60. The van der Waals surface area contributed by atoms with Crippen molar-refractivity contribution in [2.45, 2.75) is 57.8 Å². The zero-order chi connectivity index (χ0) is 30.0. The second-order valence-corrected chi connectivity index (χ2v) is 20.1. The number of fused-ring (bicyclic) bond motifs is 2. The Hall–Kier alpha value is -2.57. The maximum absolute atomic E-state index is 5.88. The number of hydrogen-bond donors (Lipinski definition) is 0. The summed E-state index contributed by atoms with van der Waals surface area (Å²) in [6, 6.07) is 47.5. The van der Waals surface area contributed by atoms with Crippen LogP contribution in [0.5, 0.6) is 0 Å². The molecule has 1 aliphatic rings. The SMILES string of the molecule is CC(c1ccccc1)c1c[cH-]c2ccccc12.CC(c1ccccc1)c1c[cH-]c2ccccc12.[Cl][Zr]([Cl])=[C]1CCCCC1. The average Bonchev–Trinajstić information content (AvgIpc) is 3.71. The molecule has 0 amide bonds. The molecule has 2 atom stereocenters. The van der Waals surface area contributed by atoms with Gasteiger partial charge in [-0.1, -0.05) is 97.8 Å². The van der Waals surface area contributed by atoms with Crippen molar-refractivity contribution in [2.24, 2.45) is 0 Å². The summed E-state index contributed by atoms with van der Waals surface area (Å²) in [7, 11) is 11.8. The zero-order valence-electron chi connectivity index (χ0n) is 25.1. The minimum absolute atomic E-state index is 0.455. The van der Waals surface area contributed by atoms with Crippen LogP contribution in [0.4, 0.5) is 0 Å². The van der Waals surface area contributed by atoms with Crippen LogP contribution in [0.15, 0.2) is 133 Å². The van der Waals surface area contributed by atoms with Crippen LogP contribution in [0.25, 0.3) is 21.5 Å². The second-order valence-electron chi connectivity index (χ2n) is 11.4. The van der Waals surface area contributed by atoms with Crippen molar-refractivity contribution in [3.05, 3.63) is 156 Å². The molecule has 2 unspecified atom stereocenters. The second kappa shape index (κ2) is 15.9. The van der Waals surface area contributed by atoms with Crippen molar-refractivity contribution in [1.82, 2.24) is 0 Å². The molecular weight excluding hydrogens is 643 g/mol. The maximum atomic E-state index is 5.88. The van der Waals surface area contributed by atoms with Gasteiger partial charge in [0.05, 0.1) is 0 Å². The van der Waals surface area contributed by atoms with E-state index >= 15 is 0 Å². The Morgan fingerprint density at radius 1 is 0.535 bits per heavy atom. The summed E-state index contributed by atoms with van der Waals surface area (Å²) in [5, 5.41) is 5.43. The van der Waals surface area contributed by atoms with Gasteiger partial charge in [0, 0.05) is 0 Å². The standard InChI is InChI=1S/2C17H15.C6H10.2ClH.Zr/c2*1-13(14-7-3-2-4-8-14)16-12-11-15-9-5-6-10-17(15)16;1-2-4-6-5-3-1;;;/h2*2-13H,1H3;1-5H2;2*1H;/q2*-1;;;;+2/p-2. The van der Waals surface area contributed by atoms with E-state index in [0.717, 1.165) is 0 Å². The average molecular weight is 683 g/mol. The molecule has 3 heteroatoms. The molecule has 0 aromatic heterocycles. The Bertz CT molecular complexity index is 1620. The number of rotatable bonds is 4. The van der Waals surface area contributed by atoms with Crippen molar-refractivity contribution in [3.63, 3.8) is 0 Å². The summed E-state index contributed by atoms with van der Waals surface area (Å²) in [6.45, 7) is 4.55. The quantitative estimate of drug-likeness (QED) is 0.162. The molecule has 0 saturated heterocycles. The van der Waals surface area contributed by atoms with Crippen LogP contribution in [0.2, 0.25) is 0 Å². The Labute approximate surface area is 272 Å². The molecule has 6 aromatic rings. The van der Waals surface area contributed by atoms with Gasteiger partial charge in [-0.3, -0.25) is 0 Å². The number of hydrogen-bond acceptors (Lipinski definition) is 0. The summed E-state index contributed by atoms with van der Waals surface area (Å²) < 4.78 is 1.53. The van der Waals surface area contributed by atoms with Crippen molar-refractivity contribution in [3.8, 4) is 0 Å². The fourth-order valence-corrected chi connectivity index (χ4v) is 10.1. The van der Waals surface area contributed by atoms with Gasteiger partial charge in [-0.15, -0.1) is 93.3 Å². The summed E-state index contributed by atoms with van der Waals surface area (Å²) >= 11 is -1.88. The molecule has 6 aromatic carbocycles. The Morgan fingerprint density at radius 2 is 0.930 bits per heavy atom. The third-order valence-electron chi connectivity index (χ3n) is 8.69.